The lowest BCUT2D eigenvalue weighted by Crippen LogP contribution is -2.46. The van der Waals surface area contributed by atoms with Crippen LogP contribution in [-0.4, -0.2) is 33.2 Å². The van der Waals surface area contributed by atoms with Crippen molar-refractivity contribution < 1.29 is 18.7 Å². The number of carbonyl (C=O) groups is 1. The largest absolute Gasteiger partial charge is 0.480 e. The Kier molecular flexibility index (Phi) is 7.04. The molecule has 0 aliphatic carbocycles. The summed E-state index contributed by atoms with van der Waals surface area (Å²) in [6.07, 6.45) is -0.306. The minimum Gasteiger partial charge on any atom is -0.480 e. The van der Waals surface area contributed by atoms with Gasteiger partial charge in [-0.1, -0.05) is 0 Å². The van der Waals surface area contributed by atoms with E-state index in [2.05, 4.69) is 9.98 Å². The van der Waals surface area contributed by atoms with Crippen molar-refractivity contribution in [3.8, 4) is 0 Å². The lowest BCUT2D eigenvalue weighted by Gasteiger charge is -2.17. The number of hydrogen-bond donors (Lipinski definition) is 3. The first-order chi connectivity index (χ1) is 8.23. The molecule has 0 aromatic carbocycles. The number of aliphatic carboxylic acids is 1. The van der Waals surface area contributed by atoms with Gasteiger partial charge in [-0.15, -0.1) is 0 Å². The van der Waals surface area contributed by atoms with E-state index in [1.165, 1.54) is 4.22 Å². The molecule has 8 heteroatoms. The molecule has 0 spiro atoms. The minimum absolute atomic E-state index is 0.0920. The van der Waals surface area contributed by atoms with Gasteiger partial charge in [0.25, 0.3) is 0 Å². The average molecular weight is 374 g/mol. The third-order valence-corrected chi connectivity index (χ3v) is 2.38. The molecule has 18 heavy (non-hydrogen) atoms. The summed E-state index contributed by atoms with van der Waals surface area (Å²) in [5.41, 5.74) is 2.82. The molecule has 0 aliphatic heterocycles. The number of halogens is 3. The molecule has 1 atom stereocenters. The summed E-state index contributed by atoms with van der Waals surface area (Å²) < 4.78 is 32.2. The first-order valence-corrected chi connectivity index (χ1v) is 6.25. The second-order valence-corrected chi connectivity index (χ2v) is 4.27. The number of nitrogens with two attached hydrogens (primary N) is 1. The van der Waals surface area contributed by atoms with Gasteiger partial charge in [-0.3, -0.25) is 5.32 Å². The van der Waals surface area contributed by atoms with Gasteiger partial charge in [-0.05, 0) is 6.92 Å². The highest BCUT2D eigenvalue weighted by molar-refractivity contribution is 14.1. The summed E-state index contributed by atoms with van der Waals surface area (Å²) in [7, 11) is 0. The molecule has 0 bridgehead atoms. The van der Waals surface area contributed by atoms with Crippen molar-refractivity contribution in [2.24, 2.45) is 5.73 Å². The number of nitrogens with one attached hydrogen (secondary N) is 1. The van der Waals surface area contributed by atoms with Crippen molar-refractivity contribution in [2.75, 3.05) is 6.54 Å². The molecule has 0 aromatic heterocycles. The first kappa shape index (κ1) is 17.0. The third-order valence-electron chi connectivity index (χ3n) is 2.11. The van der Waals surface area contributed by atoms with E-state index in [1.54, 1.807) is 6.92 Å². The maximum atomic E-state index is 13.4. The molecule has 0 amide bonds. The molecule has 0 aromatic rings. The van der Waals surface area contributed by atoms with Crippen LogP contribution in [0.25, 0.3) is 0 Å². The first-order valence-electron chi connectivity index (χ1n) is 5.00. The standard InChI is InChI=1S/C10H14F2IN3O2/c1-6(16-5-13)15-4-3-7(11)8(12)10(2,14)9(17)18/h5H,3-4,14H2,1-2H3,(H,17,18)/p+1/b8-7+/t10-/m0/s1. The number of rotatable bonds is 5. The van der Waals surface area contributed by atoms with Crippen LogP contribution in [0.15, 0.2) is 11.7 Å². The van der Waals surface area contributed by atoms with Gasteiger partial charge in [0.15, 0.2) is 11.4 Å². The van der Waals surface area contributed by atoms with Crippen molar-refractivity contribution in [3.05, 3.63) is 11.7 Å². The van der Waals surface area contributed by atoms with E-state index in [1.807, 2.05) is 22.6 Å². The number of hydrogen-bond acceptors (Lipinski definition) is 2. The molecule has 0 aliphatic rings. The van der Waals surface area contributed by atoms with Crippen LogP contribution in [0, 0.1) is 0 Å². The lowest BCUT2D eigenvalue weighted by atomic mass is 10.0. The Bertz CT molecular complexity index is 415. The lowest BCUT2D eigenvalue weighted by molar-refractivity contribution is -0.141. The Hall–Kier alpha value is -0.990. The van der Waals surface area contributed by atoms with Crippen LogP contribution in [0.3, 0.4) is 0 Å². The van der Waals surface area contributed by atoms with Gasteiger partial charge in [-0.2, -0.15) is 0 Å². The zero-order valence-corrected chi connectivity index (χ0v) is 12.2. The predicted molar refractivity (Wildman–Crippen MR) is 75.0 cm³/mol. The van der Waals surface area contributed by atoms with Gasteiger partial charge in [0.05, 0.1) is 13.5 Å². The fourth-order valence-corrected chi connectivity index (χ4v) is 1.38. The Morgan fingerprint density at radius 2 is 2.17 bits per heavy atom. The topological polar surface area (TPSA) is 89.5 Å². The SMILES string of the molecule is CC(=[N+]=CI)NCC/C(F)=C(\F)[C@](C)(N)C(=O)O. The minimum atomic E-state index is -2.34. The van der Waals surface area contributed by atoms with E-state index in [0.29, 0.717) is 5.84 Å². The smallest absolute Gasteiger partial charge is 0.340 e. The van der Waals surface area contributed by atoms with Crippen molar-refractivity contribution in [3.63, 3.8) is 0 Å². The van der Waals surface area contributed by atoms with Crippen LogP contribution in [0.2, 0.25) is 0 Å². The predicted octanol–water partition coefficient (Wildman–Crippen LogP) is 0.868. The highest BCUT2D eigenvalue weighted by atomic mass is 127. The van der Waals surface area contributed by atoms with E-state index in [9.17, 15) is 13.6 Å². The second kappa shape index (κ2) is 7.45. The fraction of sp³-hybridized carbons (Fsp3) is 0.500. The molecular formula is C10H15F2IN3O2+. The van der Waals surface area contributed by atoms with Crippen LogP contribution in [0.1, 0.15) is 20.3 Å². The summed E-state index contributed by atoms with van der Waals surface area (Å²) in [4.78, 5) is 10.6. The molecule has 4 N–H and O–H groups in total. The Morgan fingerprint density at radius 3 is 2.61 bits per heavy atom. The number of amidine groups is 1. The van der Waals surface area contributed by atoms with Crippen molar-refractivity contribution in [1.29, 1.82) is 0 Å². The van der Waals surface area contributed by atoms with E-state index in [0.717, 1.165) is 6.92 Å². The molecule has 0 unspecified atom stereocenters. The van der Waals surface area contributed by atoms with E-state index in [4.69, 9.17) is 10.8 Å². The van der Waals surface area contributed by atoms with Gasteiger partial charge in [0.1, 0.15) is 5.83 Å². The van der Waals surface area contributed by atoms with Crippen LogP contribution in [0.4, 0.5) is 8.78 Å². The number of carboxylic acid groups (broad SMARTS) is 1. The van der Waals surface area contributed by atoms with Crippen LogP contribution in [0.5, 0.6) is 0 Å². The second-order valence-electron chi connectivity index (χ2n) is 3.72. The molecule has 0 fully saturated rings. The zero-order valence-electron chi connectivity index (χ0n) is 10.0. The summed E-state index contributed by atoms with van der Waals surface area (Å²) in [5, 5.41) is 11.4. The molecule has 102 valence electrons. The highest BCUT2D eigenvalue weighted by Gasteiger charge is 2.36. The van der Waals surface area contributed by atoms with Gasteiger partial charge in [-0.25, -0.2) is 18.2 Å². The fourth-order valence-electron chi connectivity index (χ4n) is 0.957. The summed E-state index contributed by atoms with van der Waals surface area (Å²) >= 11 is 1.92. The molecule has 0 saturated carbocycles. The molecule has 0 saturated heterocycles. The number of nitrogens with zero attached hydrogens (tertiary/aromatic N) is 1. The maximum Gasteiger partial charge on any atom is 0.340 e. The number of carboxylic acids is 1. The molecule has 0 heterocycles. The summed E-state index contributed by atoms with van der Waals surface area (Å²) in [5.74, 6) is -3.72. The van der Waals surface area contributed by atoms with Crippen LogP contribution in [-0.2, 0) is 4.79 Å². The highest BCUT2D eigenvalue weighted by Crippen LogP contribution is 2.22. The van der Waals surface area contributed by atoms with Crippen LogP contribution >= 0.6 is 22.6 Å². The Morgan fingerprint density at radius 1 is 1.61 bits per heavy atom. The summed E-state index contributed by atoms with van der Waals surface area (Å²) in [6, 6.07) is 0. The Labute approximate surface area is 117 Å². The van der Waals surface area contributed by atoms with E-state index in [-0.39, 0.29) is 13.0 Å². The molecule has 0 radical (unpaired) electrons. The van der Waals surface area contributed by atoms with Crippen molar-refractivity contribution >= 4 is 38.6 Å². The zero-order chi connectivity index (χ0) is 14.3. The third kappa shape index (κ3) is 5.11. The molecular weight excluding hydrogens is 359 g/mol. The average Bonchev–Trinajstić information content (AvgIpc) is 2.27. The van der Waals surface area contributed by atoms with E-state index >= 15 is 0 Å². The van der Waals surface area contributed by atoms with Crippen molar-refractivity contribution in [1.82, 2.24) is 9.98 Å². The molecule has 5 nitrogen and oxygen atoms in total. The van der Waals surface area contributed by atoms with Crippen molar-refractivity contribution in [2.45, 2.75) is 25.8 Å². The van der Waals surface area contributed by atoms with Gasteiger partial charge in [0, 0.05) is 29.0 Å². The van der Waals surface area contributed by atoms with Crippen LogP contribution < -0.4 is 15.7 Å². The quantitative estimate of drug-likeness (QED) is 0.288. The summed E-state index contributed by atoms with van der Waals surface area (Å²) in [6.45, 7) is 2.65. The normalized spacial score (nSPS) is 15.0. The Balaban J connectivity index is 4.62. The monoisotopic (exact) mass is 374 g/mol. The molecule has 0 rings (SSSR count). The van der Waals surface area contributed by atoms with E-state index < -0.39 is 23.2 Å². The maximum absolute atomic E-state index is 13.4. The van der Waals surface area contributed by atoms with Gasteiger partial charge < -0.3 is 10.8 Å². The van der Waals surface area contributed by atoms with Gasteiger partial charge in [0.2, 0.25) is 4.22 Å². The van der Waals surface area contributed by atoms with Gasteiger partial charge >= 0.3 is 11.8 Å².